The Hall–Kier alpha value is -1.51. The second-order valence-corrected chi connectivity index (χ2v) is 5.02. The molecule has 0 atom stereocenters. The van der Waals surface area contributed by atoms with Gasteiger partial charge in [0.25, 0.3) is 0 Å². The number of hydrogen-bond acceptors (Lipinski definition) is 3. The van der Waals surface area contributed by atoms with Gasteiger partial charge in [0.05, 0.1) is 0 Å². The third-order valence-corrected chi connectivity index (χ3v) is 2.61. The number of unbranched alkanes of at least 4 members (excludes halogenated alkanes) is 4. The van der Waals surface area contributed by atoms with Gasteiger partial charge in [0.15, 0.2) is 17.3 Å². The van der Waals surface area contributed by atoms with E-state index in [4.69, 9.17) is 0 Å². The summed E-state index contributed by atoms with van der Waals surface area (Å²) in [5.41, 5.74) is 0. The molecule has 0 saturated carbocycles. The summed E-state index contributed by atoms with van der Waals surface area (Å²) in [6.07, 6.45) is 13.5. The molecule has 0 aromatic rings. The molecule has 0 bridgehead atoms. The predicted octanol–water partition coefficient (Wildman–Crippen LogP) is 4.60. The fraction of sp³-hybridized carbons (Fsp3) is 0.611. The Morgan fingerprint density at radius 3 is 1.81 bits per heavy atom. The van der Waals surface area contributed by atoms with E-state index in [2.05, 4.69) is 6.92 Å². The number of ketones is 3. The number of carbonyl (C=O) groups is 3. The van der Waals surface area contributed by atoms with Crippen LogP contribution < -0.4 is 0 Å². The topological polar surface area (TPSA) is 51.2 Å². The summed E-state index contributed by atoms with van der Waals surface area (Å²) in [6.45, 7) is 7.22. The average molecular weight is 294 g/mol. The van der Waals surface area contributed by atoms with Gasteiger partial charge in [-0.25, -0.2) is 0 Å². The van der Waals surface area contributed by atoms with Crippen molar-refractivity contribution in [1.29, 1.82) is 0 Å². The van der Waals surface area contributed by atoms with Crippen molar-refractivity contribution in [2.75, 3.05) is 0 Å². The van der Waals surface area contributed by atoms with E-state index in [0.29, 0.717) is 6.42 Å². The SMILES string of the molecule is CCCCC(=O)/C=C/C(C)=O.CCCCC/C=C/C(C)=O. The maximum absolute atomic E-state index is 10.9. The first-order chi connectivity index (χ1) is 9.93. The third-order valence-electron chi connectivity index (χ3n) is 2.61. The van der Waals surface area contributed by atoms with Crippen molar-refractivity contribution in [3.63, 3.8) is 0 Å². The first-order valence-electron chi connectivity index (χ1n) is 7.82. The Balaban J connectivity index is 0. The van der Waals surface area contributed by atoms with Crippen molar-refractivity contribution in [1.82, 2.24) is 0 Å². The van der Waals surface area contributed by atoms with Crippen molar-refractivity contribution >= 4 is 17.3 Å². The van der Waals surface area contributed by atoms with Gasteiger partial charge in [-0.3, -0.25) is 14.4 Å². The summed E-state index contributed by atoms with van der Waals surface area (Å²) in [5.74, 6) is 0.119. The minimum absolute atomic E-state index is 0.0436. The molecule has 0 aromatic heterocycles. The highest BCUT2D eigenvalue weighted by Crippen LogP contribution is 1.99. The molecule has 120 valence electrons. The molecular formula is C18H30O3. The van der Waals surface area contributed by atoms with Crippen LogP contribution in [-0.2, 0) is 14.4 Å². The van der Waals surface area contributed by atoms with Crippen LogP contribution in [-0.4, -0.2) is 17.3 Å². The van der Waals surface area contributed by atoms with Crippen molar-refractivity contribution in [2.24, 2.45) is 0 Å². The maximum Gasteiger partial charge on any atom is 0.155 e. The van der Waals surface area contributed by atoms with E-state index in [1.165, 1.54) is 38.3 Å². The van der Waals surface area contributed by atoms with Crippen LogP contribution in [0.15, 0.2) is 24.3 Å². The maximum atomic E-state index is 10.9. The highest BCUT2D eigenvalue weighted by molar-refractivity contribution is 5.97. The Kier molecular flexibility index (Phi) is 17.2. The number of allylic oxidation sites excluding steroid dienone is 4. The molecule has 0 aliphatic heterocycles. The molecule has 0 N–H and O–H groups in total. The second-order valence-electron chi connectivity index (χ2n) is 5.02. The molecule has 0 spiro atoms. The lowest BCUT2D eigenvalue weighted by Gasteiger charge is -1.89. The van der Waals surface area contributed by atoms with Crippen LogP contribution in [0, 0.1) is 0 Å². The zero-order valence-electron chi connectivity index (χ0n) is 14.0. The lowest BCUT2D eigenvalue weighted by atomic mass is 10.2. The van der Waals surface area contributed by atoms with E-state index in [9.17, 15) is 14.4 Å². The zero-order chi connectivity index (χ0) is 16.5. The van der Waals surface area contributed by atoms with Crippen LogP contribution >= 0.6 is 0 Å². The van der Waals surface area contributed by atoms with Crippen LogP contribution in [0.4, 0.5) is 0 Å². The lowest BCUT2D eigenvalue weighted by Crippen LogP contribution is -1.93. The van der Waals surface area contributed by atoms with Crippen molar-refractivity contribution in [3.8, 4) is 0 Å². The minimum Gasteiger partial charge on any atom is -0.295 e. The molecule has 0 saturated heterocycles. The van der Waals surface area contributed by atoms with Gasteiger partial charge in [-0.2, -0.15) is 0 Å². The third kappa shape index (κ3) is 23.9. The summed E-state index contributed by atoms with van der Waals surface area (Å²) in [7, 11) is 0. The van der Waals surface area contributed by atoms with Gasteiger partial charge in [-0.1, -0.05) is 39.2 Å². The Labute approximate surface area is 129 Å². The van der Waals surface area contributed by atoms with Crippen LogP contribution in [0.25, 0.3) is 0 Å². The second kappa shape index (κ2) is 16.5. The Morgan fingerprint density at radius 1 is 0.762 bits per heavy atom. The Morgan fingerprint density at radius 2 is 1.33 bits per heavy atom. The molecule has 0 rings (SSSR count). The molecule has 21 heavy (non-hydrogen) atoms. The van der Waals surface area contributed by atoms with E-state index >= 15 is 0 Å². The molecule has 3 heteroatoms. The van der Waals surface area contributed by atoms with E-state index in [1.54, 1.807) is 13.0 Å². The molecule has 0 unspecified atom stereocenters. The summed E-state index contributed by atoms with van der Waals surface area (Å²) in [5, 5.41) is 0. The minimum atomic E-state index is -0.0742. The normalized spacial score (nSPS) is 10.5. The number of hydrogen-bond donors (Lipinski definition) is 0. The summed E-state index contributed by atoms with van der Waals surface area (Å²) in [6, 6.07) is 0. The monoisotopic (exact) mass is 294 g/mol. The van der Waals surface area contributed by atoms with Crippen LogP contribution in [0.3, 0.4) is 0 Å². The zero-order valence-corrected chi connectivity index (χ0v) is 14.0. The molecule has 0 fully saturated rings. The first kappa shape index (κ1) is 21.8. The van der Waals surface area contributed by atoms with Crippen molar-refractivity contribution in [3.05, 3.63) is 24.3 Å². The predicted molar refractivity (Wildman–Crippen MR) is 88.3 cm³/mol. The molecule has 0 heterocycles. The van der Waals surface area contributed by atoms with Crippen LogP contribution in [0.5, 0.6) is 0 Å². The fourth-order valence-corrected chi connectivity index (χ4v) is 1.41. The standard InChI is InChI=1S/C9H14O2.C9H16O/c1-3-4-5-9(11)7-6-8(2)10;1-3-4-5-6-7-8-9(2)10/h6-7H,3-5H2,1-2H3;7-8H,3-6H2,1-2H3/b7-6+;8-7+. The summed E-state index contributed by atoms with van der Waals surface area (Å²) in [4.78, 5) is 31.6. The van der Waals surface area contributed by atoms with Gasteiger partial charge in [0.2, 0.25) is 0 Å². The summed E-state index contributed by atoms with van der Waals surface area (Å²) >= 11 is 0. The largest absolute Gasteiger partial charge is 0.295 e. The quantitative estimate of drug-likeness (QED) is 0.437. The number of carbonyl (C=O) groups excluding carboxylic acids is 3. The van der Waals surface area contributed by atoms with E-state index in [1.807, 2.05) is 13.0 Å². The van der Waals surface area contributed by atoms with E-state index < -0.39 is 0 Å². The van der Waals surface area contributed by atoms with Crippen LogP contribution in [0.2, 0.25) is 0 Å². The molecule has 3 nitrogen and oxygen atoms in total. The van der Waals surface area contributed by atoms with Crippen molar-refractivity contribution < 1.29 is 14.4 Å². The van der Waals surface area contributed by atoms with Crippen molar-refractivity contribution in [2.45, 2.75) is 72.6 Å². The highest BCUT2D eigenvalue weighted by atomic mass is 16.1. The van der Waals surface area contributed by atoms with Gasteiger partial charge in [-0.05, 0) is 51.3 Å². The molecule has 0 aromatic carbocycles. The van der Waals surface area contributed by atoms with Gasteiger partial charge in [0.1, 0.15) is 0 Å². The van der Waals surface area contributed by atoms with Crippen LogP contribution in [0.1, 0.15) is 72.6 Å². The average Bonchev–Trinajstić information content (AvgIpc) is 2.43. The molecular weight excluding hydrogens is 264 g/mol. The smallest absolute Gasteiger partial charge is 0.155 e. The lowest BCUT2D eigenvalue weighted by molar-refractivity contribution is -0.116. The highest BCUT2D eigenvalue weighted by Gasteiger charge is 1.94. The Bertz CT molecular complexity index is 351. The first-order valence-corrected chi connectivity index (χ1v) is 7.82. The van der Waals surface area contributed by atoms with Gasteiger partial charge in [0, 0.05) is 6.42 Å². The fourth-order valence-electron chi connectivity index (χ4n) is 1.41. The molecule has 0 amide bonds. The summed E-state index contributed by atoms with van der Waals surface area (Å²) < 4.78 is 0. The van der Waals surface area contributed by atoms with Gasteiger partial charge in [-0.15, -0.1) is 0 Å². The van der Waals surface area contributed by atoms with E-state index in [0.717, 1.165) is 19.3 Å². The molecule has 0 aliphatic carbocycles. The number of rotatable bonds is 10. The van der Waals surface area contributed by atoms with E-state index in [-0.39, 0.29) is 17.3 Å². The van der Waals surface area contributed by atoms with Gasteiger partial charge < -0.3 is 0 Å². The molecule has 0 aliphatic rings. The molecule has 0 radical (unpaired) electrons. The van der Waals surface area contributed by atoms with Gasteiger partial charge >= 0.3 is 0 Å².